The molecular weight excluding hydrogens is 490 g/mol. The quantitative estimate of drug-likeness (QED) is 0.416. The van der Waals surface area contributed by atoms with E-state index in [1.54, 1.807) is 30.3 Å². The molecule has 4 rings (SSSR count). The van der Waals surface area contributed by atoms with Crippen LogP contribution in [0.25, 0.3) is 11.0 Å². The van der Waals surface area contributed by atoms with Gasteiger partial charge in [0.1, 0.15) is 11.4 Å². The Morgan fingerprint density at radius 1 is 1.03 bits per heavy atom. The van der Waals surface area contributed by atoms with Gasteiger partial charge in [-0.15, -0.1) is 0 Å². The number of aromatic nitrogens is 2. The van der Waals surface area contributed by atoms with E-state index in [-0.39, 0.29) is 22.8 Å². The molecule has 0 spiro atoms. The second-order valence-corrected chi connectivity index (χ2v) is 12.5. The van der Waals surface area contributed by atoms with E-state index < -0.39 is 20.1 Å². The van der Waals surface area contributed by atoms with E-state index in [0.29, 0.717) is 43.9 Å². The Bertz CT molecular complexity index is 1410. The number of ether oxygens (including phenoxy) is 1. The highest BCUT2D eigenvalue weighted by Crippen LogP contribution is 2.36. The van der Waals surface area contributed by atoms with Crippen molar-refractivity contribution in [1.82, 2.24) is 13.9 Å². The molecule has 2 aromatic heterocycles. The first-order valence-electron chi connectivity index (χ1n) is 11.6. The lowest BCUT2D eigenvalue weighted by Gasteiger charge is -2.31. The van der Waals surface area contributed by atoms with Gasteiger partial charge in [-0.05, 0) is 75.4 Å². The zero-order chi connectivity index (χ0) is 25.4. The first kappa shape index (κ1) is 25.5. The maximum absolute atomic E-state index is 13.2. The number of pyridine rings is 1. The lowest BCUT2D eigenvalue weighted by atomic mass is 9.90. The summed E-state index contributed by atoms with van der Waals surface area (Å²) in [6, 6.07) is 9.95. The van der Waals surface area contributed by atoms with Crippen LogP contribution in [0.1, 0.15) is 45.1 Å². The van der Waals surface area contributed by atoms with Crippen LogP contribution >= 0.6 is 0 Å². The van der Waals surface area contributed by atoms with Crippen molar-refractivity contribution in [2.45, 2.75) is 57.1 Å². The third kappa shape index (κ3) is 5.62. The van der Waals surface area contributed by atoms with Gasteiger partial charge in [-0.25, -0.2) is 8.42 Å². The summed E-state index contributed by atoms with van der Waals surface area (Å²) in [5.74, 6) is 0.843. The van der Waals surface area contributed by atoms with Crippen molar-refractivity contribution in [3.05, 3.63) is 48.2 Å². The summed E-state index contributed by atoms with van der Waals surface area (Å²) in [6.45, 7) is 7.32. The third-order valence-corrected chi connectivity index (χ3v) is 8.42. The fourth-order valence-electron chi connectivity index (χ4n) is 4.46. The Balaban J connectivity index is 1.51. The molecule has 190 valence electrons. The van der Waals surface area contributed by atoms with Crippen LogP contribution in [0, 0.1) is 0 Å². The molecule has 0 atom stereocenters. The summed E-state index contributed by atoms with van der Waals surface area (Å²) in [5, 5.41) is 0.926. The molecular formula is C24H31N3O6S2. The average molecular weight is 522 g/mol. The molecule has 0 N–H and O–H groups in total. The zero-order valence-corrected chi connectivity index (χ0v) is 22.0. The molecule has 1 aromatic carbocycles. The van der Waals surface area contributed by atoms with Gasteiger partial charge in [-0.3, -0.25) is 0 Å². The molecule has 11 heteroatoms. The summed E-state index contributed by atoms with van der Waals surface area (Å²) >= 11 is 0. The van der Waals surface area contributed by atoms with Crippen molar-refractivity contribution in [2.24, 2.45) is 0 Å². The Kier molecular flexibility index (Phi) is 7.12. The molecule has 0 amide bonds. The van der Waals surface area contributed by atoms with Crippen molar-refractivity contribution in [2.75, 3.05) is 19.3 Å². The van der Waals surface area contributed by atoms with E-state index in [9.17, 15) is 16.8 Å². The topological polar surface area (TPSA) is 108 Å². The second-order valence-electron chi connectivity index (χ2n) is 8.99. The molecule has 3 aromatic rings. The van der Waals surface area contributed by atoms with E-state index in [1.165, 1.54) is 4.31 Å². The number of hydrogen-bond acceptors (Lipinski definition) is 7. The number of piperidine rings is 1. The largest absolute Gasteiger partial charge is 0.491 e. The van der Waals surface area contributed by atoms with Crippen LogP contribution < -0.4 is 8.92 Å². The third-order valence-electron chi connectivity index (χ3n) is 6.03. The number of aryl methyl sites for hydroxylation is 1. The maximum atomic E-state index is 13.2. The van der Waals surface area contributed by atoms with Gasteiger partial charge in [0.15, 0.2) is 0 Å². The molecule has 1 saturated heterocycles. The van der Waals surface area contributed by atoms with Crippen LogP contribution in [0.15, 0.2) is 47.5 Å². The highest BCUT2D eigenvalue weighted by atomic mass is 32.2. The fraction of sp³-hybridized carbons (Fsp3) is 0.458. The van der Waals surface area contributed by atoms with Crippen molar-refractivity contribution in [3.8, 4) is 11.6 Å². The van der Waals surface area contributed by atoms with Gasteiger partial charge in [0, 0.05) is 37.3 Å². The van der Waals surface area contributed by atoms with Gasteiger partial charge < -0.3 is 13.5 Å². The number of nitrogens with zero attached hydrogens (tertiary/aromatic N) is 3. The van der Waals surface area contributed by atoms with Crippen LogP contribution in [0.2, 0.25) is 0 Å². The molecule has 1 fully saturated rings. The molecule has 3 heterocycles. The molecule has 0 saturated carbocycles. The van der Waals surface area contributed by atoms with Crippen molar-refractivity contribution in [1.29, 1.82) is 0 Å². The van der Waals surface area contributed by atoms with Crippen molar-refractivity contribution < 1.29 is 25.8 Å². The van der Waals surface area contributed by atoms with E-state index in [1.807, 2.05) is 37.6 Å². The average Bonchev–Trinajstić information content (AvgIpc) is 3.16. The summed E-state index contributed by atoms with van der Waals surface area (Å²) < 4.78 is 63.4. The normalized spacial score (nSPS) is 16.1. The molecule has 1 aliphatic rings. The highest BCUT2D eigenvalue weighted by molar-refractivity contribution is 7.89. The molecule has 9 nitrogen and oxygen atoms in total. The Labute approximate surface area is 206 Å². The van der Waals surface area contributed by atoms with Gasteiger partial charge in [-0.1, -0.05) is 0 Å². The fourth-order valence-corrected chi connectivity index (χ4v) is 6.33. The number of fused-ring (bicyclic) bond motifs is 1. The van der Waals surface area contributed by atoms with Crippen LogP contribution in [-0.2, 0) is 26.7 Å². The van der Waals surface area contributed by atoms with Crippen molar-refractivity contribution in [3.63, 3.8) is 0 Å². The summed E-state index contributed by atoms with van der Waals surface area (Å²) in [6.07, 6.45) is 4.39. The summed E-state index contributed by atoms with van der Waals surface area (Å²) in [7, 11) is -7.26. The number of benzene rings is 1. The van der Waals surface area contributed by atoms with Crippen LogP contribution in [0.5, 0.6) is 11.6 Å². The van der Waals surface area contributed by atoms with Crippen molar-refractivity contribution >= 4 is 31.2 Å². The number of sulfonamides is 1. The molecule has 35 heavy (non-hydrogen) atoms. The Hall–Kier alpha value is -2.63. The molecule has 0 radical (unpaired) electrons. The number of hydrogen-bond donors (Lipinski definition) is 0. The predicted octanol–water partition coefficient (Wildman–Crippen LogP) is 3.75. The first-order valence-corrected chi connectivity index (χ1v) is 14.9. The number of rotatable bonds is 8. The van der Waals surface area contributed by atoms with Crippen LogP contribution in [0.4, 0.5) is 0 Å². The van der Waals surface area contributed by atoms with E-state index in [2.05, 4.69) is 4.98 Å². The Morgan fingerprint density at radius 3 is 2.26 bits per heavy atom. The van der Waals surface area contributed by atoms with E-state index in [0.717, 1.165) is 17.2 Å². The van der Waals surface area contributed by atoms with Crippen LogP contribution in [-0.4, -0.2) is 56.1 Å². The predicted molar refractivity (Wildman–Crippen MR) is 134 cm³/mol. The van der Waals surface area contributed by atoms with Crippen LogP contribution in [0.3, 0.4) is 0 Å². The molecule has 0 unspecified atom stereocenters. The maximum Gasteiger partial charge on any atom is 0.307 e. The van der Waals surface area contributed by atoms with E-state index >= 15 is 0 Å². The molecule has 1 aliphatic heterocycles. The lowest BCUT2D eigenvalue weighted by molar-refractivity contribution is 0.242. The highest BCUT2D eigenvalue weighted by Gasteiger charge is 2.31. The first-order chi connectivity index (χ1) is 16.5. The minimum atomic E-state index is -3.67. The lowest BCUT2D eigenvalue weighted by Crippen LogP contribution is -2.37. The summed E-state index contributed by atoms with van der Waals surface area (Å²) in [5.41, 5.74) is 1.75. The minimum absolute atomic E-state index is 0.0177. The monoisotopic (exact) mass is 521 g/mol. The Morgan fingerprint density at radius 2 is 1.69 bits per heavy atom. The standard InChI is InChI=1S/C24H31N3O6S2/c1-5-26-16-22(21-10-11-23(25-24(21)26)33-34(4,28)29)18-12-14-27(15-13-18)35(30,31)20-8-6-19(7-9-20)32-17(2)3/h6-11,16-18H,5,12-15H2,1-4H3. The van der Waals surface area contributed by atoms with Gasteiger partial charge in [0.2, 0.25) is 15.9 Å². The second kappa shape index (κ2) is 9.79. The minimum Gasteiger partial charge on any atom is -0.491 e. The van der Waals surface area contributed by atoms with E-state index in [4.69, 9.17) is 8.92 Å². The SMILES string of the molecule is CCn1cc(C2CCN(S(=O)(=O)c3ccc(OC(C)C)cc3)CC2)c2ccc(OS(C)(=O)=O)nc21. The summed E-state index contributed by atoms with van der Waals surface area (Å²) in [4.78, 5) is 4.67. The molecule has 0 bridgehead atoms. The van der Waals surface area contributed by atoms with Gasteiger partial charge in [0.25, 0.3) is 0 Å². The van der Waals surface area contributed by atoms with Gasteiger partial charge >= 0.3 is 10.1 Å². The van der Waals surface area contributed by atoms with Gasteiger partial charge in [0.05, 0.1) is 17.3 Å². The smallest absolute Gasteiger partial charge is 0.307 e. The van der Waals surface area contributed by atoms with Gasteiger partial charge in [-0.2, -0.15) is 17.7 Å². The molecule has 0 aliphatic carbocycles. The zero-order valence-electron chi connectivity index (χ0n) is 20.3.